The minimum Gasteiger partial charge on any atom is -0.453 e. The predicted octanol–water partition coefficient (Wildman–Crippen LogP) is 5.49. The highest BCUT2D eigenvalue weighted by Crippen LogP contribution is 2.36. The van der Waals surface area contributed by atoms with E-state index in [2.05, 4.69) is 66.7 Å². The monoisotopic (exact) mass is 679 g/mol. The van der Waals surface area contributed by atoms with Gasteiger partial charge in [0, 0.05) is 43.0 Å². The SMILES string of the molecule is COC(=O)N[C@H](C(=O)N1C[C@@H](C)C[C@H]1c1nc(C#Cc2ccc(C#Cc3c[nH]c([C@@H]4C[C@H](C)CN4C(=O)CC(C)C)n3)cc2C)c[nH]1)C(C)C. The number of nitrogens with one attached hydrogen (secondary N) is 3. The molecule has 11 heteroatoms. The molecule has 0 radical (unpaired) electrons. The number of carbonyl (C=O) groups excluding carboxylic acids is 3. The molecule has 2 fully saturated rings. The van der Waals surface area contributed by atoms with E-state index in [1.165, 1.54) is 7.11 Å². The first-order valence-corrected chi connectivity index (χ1v) is 17.5. The van der Waals surface area contributed by atoms with Crippen molar-refractivity contribution in [3.63, 3.8) is 0 Å². The van der Waals surface area contributed by atoms with Crippen molar-refractivity contribution < 1.29 is 19.1 Å². The van der Waals surface area contributed by atoms with Crippen molar-refractivity contribution >= 4 is 17.9 Å². The van der Waals surface area contributed by atoms with Gasteiger partial charge >= 0.3 is 6.09 Å². The largest absolute Gasteiger partial charge is 0.453 e. The molecule has 11 nitrogen and oxygen atoms in total. The van der Waals surface area contributed by atoms with E-state index in [9.17, 15) is 14.4 Å². The van der Waals surface area contributed by atoms with Crippen LogP contribution in [0.3, 0.4) is 0 Å². The van der Waals surface area contributed by atoms with Crippen LogP contribution in [0, 0.1) is 54.3 Å². The third-order valence-corrected chi connectivity index (χ3v) is 9.31. The van der Waals surface area contributed by atoms with Gasteiger partial charge < -0.3 is 29.8 Å². The van der Waals surface area contributed by atoms with Crippen molar-refractivity contribution in [2.45, 2.75) is 85.9 Å². The molecular formula is C39H49N7O4. The number of rotatable bonds is 7. The number of likely N-dealkylation sites (tertiary alicyclic amines) is 2. The standard InChI is InChI=1S/C39H49N7O4/c1-23(2)15-34(47)45-21-25(5)16-32(45)36-40-19-30(42-36)13-10-28-9-11-29(27(7)18-28)12-14-31-20-41-37(43-31)33-17-26(6)22-46(33)38(48)35(24(3)4)44-39(49)50-8/h9,11,18-20,23-26,32-33,35H,15-17,21-22H2,1-8H3,(H,40,42)(H,41,43)(H,44,49)/t25-,26-,32-,33-,35-/m0/s1. The molecule has 2 aliphatic heterocycles. The maximum absolute atomic E-state index is 13.6. The Hall–Kier alpha value is -5.03. The van der Waals surface area contributed by atoms with Crippen LogP contribution in [0.2, 0.25) is 0 Å². The van der Waals surface area contributed by atoms with E-state index >= 15 is 0 Å². The topological polar surface area (TPSA) is 136 Å². The lowest BCUT2D eigenvalue weighted by Crippen LogP contribution is -2.51. The summed E-state index contributed by atoms with van der Waals surface area (Å²) in [6, 6.07) is 4.90. The van der Waals surface area contributed by atoms with Gasteiger partial charge in [-0.15, -0.1) is 0 Å². The Bertz CT molecular complexity index is 1830. The zero-order valence-corrected chi connectivity index (χ0v) is 30.4. The summed E-state index contributed by atoms with van der Waals surface area (Å²) in [6.07, 6.45) is 5.13. The fourth-order valence-corrected chi connectivity index (χ4v) is 6.77. The van der Waals surface area contributed by atoms with E-state index in [1.54, 1.807) is 11.1 Å². The summed E-state index contributed by atoms with van der Waals surface area (Å²) in [5.41, 5.74) is 3.93. The second-order valence-electron chi connectivity index (χ2n) is 14.6. The van der Waals surface area contributed by atoms with E-state index < -0.39 is 12.1 Å². The molecule has 0 aliphatic carbocycles. The second kappa shape index (κ2) is 15.7. The number of aryl methyl sites for hydroxylation is 1. The lowest BCUT2D eigenvalue weighted by atomic mass is 10.0. The van der Waals surface area contributed by atoms with E-state index in [0.717, 1.165) is 41.9 Å². The molecule has 5 rings (SSSR count). The summed E-state index contributed by atoms with van der Waals surface area (Å²) >= 11 is 0. The Labute approximate surface area is 295 Å². The summed E-state index contributed by atoms with van der Waals surface area (Å²) in [6.45, 7) is 15.5. The molecule has 0 spiro atoms. The van der Waals surface area contributed by atoms with Crippen LogP contribution in [0.5, 0.6) is 0 Å². The van der Waals surface area contributed by atoms with Crippen LogP contribution in [0.15, 0.2) is 30.6 Å². The highest BCUT2D eigenvalue weighted by atomic mass is 16.5. The van der Waals surface area contributed by atoms with Crippen molar-refractivity contribution in [3.8, 4) is 23.7 Å². The molecule has 0 unspecified atom stereocenters. The Morgan fingerprint density at radius 3 is 2.04 bits per heavy atom. The number of ether oxygens (including phenoxy) is 1. The number of hydrogen-bond acceptors (Lipinski definition) is 6. The van der Waals surface area contributed by atoms with E-state index in [4.69, 9.17) is 14.7 Å². The second-order valence-corrected chi connectivity index (χ2v) is 14.6. The number of imidazole rings is 2. The van der Waals surface area contributed by atoms with Crippen molar-refractivity contribution in [1.82, 2.24) is 35.1 Å². The normalized spacial score (nSPS) is 20.7. The molecule has 2 aliphatic rings. The number of H-pyrrole nitrogens is 2. The quantitative estimate of drug-likeness (QED) is 0.283. The molecular weight excluding hydrogens is 630 g/mol. The third-order valence-electron chi connectivity index (χ3n) is 9.31. The number of nitrogens with zero attached hydrogens (tertiary/aromatic N) is 4. The first-order chi connectivity index (χ1) is 23.8. The van der Waals surface area contributed by atoms with Crippen molar-refractivity contribution in [1.29, 1.82) is 0 Å². The minimum absolute atomic E-state index is 0.0479. The van der Waals surface area contributed by atoms with Gasteiger partial charge in [-0.05, 0) is 79.0 Å². The van der Waals surface area contributed by atoms with Gasteiger partial charge in [0.1, 0.15) is 29.1 Å². The van der Waals surface area contributed by atoms with Crippen molar-refractivity contribution in [2.75, 3.05) is 20.2 Å². The summed E-state index contributed by atoms with van der Waals surface area (Å²) in [5.74, 6) is 15.2. The van der Waals surface area contributed by atoms with E-state index in [-0.39, 0.29) is 35.7 Å². The fourth-order valence-electron chi connectivity index (χ4n) is 6.77. The third kappa shape index (κ3) is 8.57. The number of methoxy groups -OCH3 is 1. The smallest absolute Gasteiger partial charge is 0.407 e. The van der Waals surface area contributed by atoms with Crippen molar-refractivity contribution in [3.05, 3.63) is 70.3 Å². The van der Waals surface area contributed by atoms with Gasteiger partial charge in [0.05, 0.1) is 19.2 Å². The number of hydrogen-bond donors (Lipinski definition) is 3. The lowest BCUT2D eigenvalue weighted by Gasteiger charge is -2.30. The van der Waals surface area contributed by atoms with Crippen LogP contribution in [-0.4, -0.2) is 73.9 Å². The number of aromatic amines is 2. The number of benzene rings is 1. The molecule has 2 saturated heterocycles. The molecule has 1 aromatic carbocycles. The maximum Gasteiger partial charge on any atom is 0.407 e. The van der Waals surface area contributed by atoms with Gasteiger partial charge in [0.2, 0.25) is 11.8 Å². The van der Waals surface area contributed by atoms with E-state index in [1.807, 2.05) is 50.1 Å². The summed E-state index contributed by atoms with van der Waals surface area (Å²) in [5, 5.41) is 2.69. The van der Waals surface area contributed by atoms with Gasteiger partial charge in [-0.2, -0.15) is 0 Å². The van der Waals surface area contributed by atoms with Crippen LogP contribution in [0.1, 0.15) is 113 Å². The van der Waals surface area contributed by atoms with Gasteiger partial charge in [0.15, 0.2) is 0 Å². The van der Waals surface area contributed by atoms with Gasteiger partial charge in [0.25, 0.3) is 0 Å². The molecule has 0 bridgehead atoms. The first kappa shape index (κ1) is 36.3. The number of aromatic nitrogens is 4. The molecule has 3 N–H and O–H groups in total. The number of amides is 3. The Balaban J connectivity index is 1.25. The molecule has 50 heavy (non-hydrogen) atoms. The molecule has 0 saturated carbocycles. The molecule has 2 aromatic heterocycles. The van der Waals surface area contributed by atoms with Crippen LogP contribution in [0.4, 0.5) is 4.79 Å². The number of carbonyl (C=O) groups is 3. The highest BCUT2D eigenvalue weighted by molar-refractivity contribution is 5.86. The van der Waals surface area contributed by atoms with Crippen molar-refractivity contribution in [2.24, 2.45) is 23.7 Å². The van der Waals surface area contributed by atoms with Gasteiger partial charge in [-0.3, -0.25) is 9.59 Å². The van der Waals surface area contributed by atoms with Crippen LogP contribution in [0.25, 0.3) is 0 Å². The molecule has 4 heterocycles. The fraction of sp³-hybridized carbons (Fsp3) is 0.513. The van der Waals surface area contributed by atoms with Crippen LogP contribution < -0.4 is 5.32 Å². The Morgan fingerprint density at radius 2 is 1.48 bits per heavy atom. The summed E-state index contributed by atoms with van der Waals surface area (Å²) in [4.78, 5) is 58.1. The molecule has 264 valence electrons. The lowest BCUT2D eigenvalue weighted by molar-refractivity contribution is -0.135. The zero-order valence-electron chi connectivity index (χ0n) is 30.4. The first-order valence-electron chi connectivity index (χ1n) is 17.5. The highest BCUT2D eigenvalue weighted by Gasteiger charge is 2.40. The van der Waals surface area contributed by atoms with E-state index in [0.29, 0.717) is 42.0 Å². The van der Waals surface area contributed by atoms with Crippen LogP contribution in [-0.2, 0) is 14.3 Å². The zero-order chi connectivity index (χ0) is 36.1. The Kier molecular flexibility index (Phi) is 11.4. The predicted molar refractivity (Wildman–Crippen MR) is 190 cm³/mol. The van der Waals surface area contributed by atoms with Crippen LogP contribution >= 0.6 is 0 Å². The maximum atomic E-state index is 13.6. The molecule has 3 aromatic rings. The summed E-state index contributed by atoms with van der Waals surface area (Å²) in [7, 11) is 1.29. The average molecular weight is 680 g/mol. The Morgan fingerprint density at radius 1 is 0.900 bits per heavy atom. The van der Waals surface area contributed by atoms with Gasteiger partial charge in [-0.25, -0.2) is 14.8 Å². The average Bonchev–Trinajstić information content (AvgIpc) is 3.87. The minimum atomic E-state index is -0.699. The van der Waals surface area contributed by atoms with Gasteiger partial charge in [-0.1, -0.05) is 53.4 Å². The molecule has 3 amide bonds. The molecule has 5 atom stereocenters. The summed E-state index contributed by atoms with van der Waals surface area (Å²) < 4.78 is 4.75. The number of alkyl carbamates (subject to hydrolysis) is 1.